The first-order chi connectivity index (χ1) is 7.49. The van der Waals surface area contributed by atoms with Crippen LogP contribution in [-0.2, 0) is 4.79 Å². The average molecular weight is 286 g/mol. The molecule has 1 unspecified atom stereocenters. The molecule has 0 bridgehead atoms. The maximum Gasteiger partial charge on any atom is 0.304 e. The fourth-order valence-electron chi connectivity index (χ4n) is 1.62. The van der Waals surface area contributed by atoms with Crippen LogP contribution in [0.4, 0.5) is 0 Å². The fourth-order valence-corrected chi connectivity index (χ4v) is 2.04. The van der Waals surface area contributed by atoms with Crippen LogP contribution in [0.2, 0.25) is 0 Å². The van der Waals surface area contributed by atoms with Gasteiger partial charge in [-0.1, -0.05) is 28.1 Å². The van der Waals surface area contributed by atoms with Crippen molar-refractivity contribution in [3.63, 3.8) is 0 Å². The van der Waals surface area contributed by atoms with Crippen LogP contribution in [0.1, 0.15) is 31.9 Å². The molecule has 88 valence electrons. The Kier molecular flexibility index (Phi) is 4.96. The first kappa shape index (κ1) is 13.2. The van der Waals surface area contributed by atoms with E-state index < -0.39 is 5.97 Å². The molecule has 0 aromatic heterocycles. The van der Waals surface area contributed by atoms with Gasteiger partial charge in [-0.15, -0.1) is 0 Å². The van der Waals surface area contributed by atoms with Gasteiger partial charge < -0.3 is 10.4 Å². The van der Waals surface area contributed by atoms with Crippen LogP contribution in [-0.4, -0.2) is 17.1 Å². The molecule has 1 rings (SSSR count). The summed E-state index contributed by atoms with van der Waals surface area (Å²) in [4.78, 5) is 10.5. The normalized spacial score (nSPS) is 14.4. The Morgan fingerprint density at radius 1 is 1.50 bits per heavy atom. The lowest BCUT2D eigenvalue weighted by Crippen LogP contribution is -2.30. The molecular formula is C12H16BrNO2. The van der Waals surface area contributed by atoms with E-state index in [0.717, 1.165) is 10.0 Å². The molecule has 0 radical (unpaired) electrons. The molecule has 0 saturated heterocycles. The van der Waals surface area contributed by atoms with E-state index in [4.69, 9.17) is 5.11 Å². The fraction of sp³-hybridized carbons (Fsp3) is 0.417. The number of hydrogen-bond donors (Lipinski definition) is 2. The van der Waals surface area contributed by atoms with Gasteiger partial charge >= 0.3 is 5.97 Å². The van der Waals surface area contributed by atoms with Gasteiger partial charge in [-0.05, 0) is 31.5 Å². The first-order valence-electron chi connectivity index (χ1n) is 5.22. The lowest BCUT2D eigenvalue weighted by Gasteiger charge is -2.19. The van der Waals surface area contributed by atoms with Crippen molar-refractivity contribution in [1.29, 1.82) is 0 Å². The maximum atomic E-state index is 10.5. The number of carboxylic acid groups (broad SMARTS) is 1. The predicted molar refractivity (Wildman–Crippen MR) is 67.4 cm³/mol. The SMILES string of the molecule is CC(CC(=O)O)N[C@@H](C)c1cccc(Br)c1. The molecule has 0 heterocycles. The Morgan fingerprint density at radius 3 is 2.75 bits per heavy atom. The number of halogens is 1. The van der Waals surface area contributed by atoms with E-state index in [1.54, 1.807) is 0 Å². The van der Waals surface area contributed by atoms with E-state index in [1.807, 2.05) is 38.1 Å². The highest BCUT2D eigenvalue weighted by molar-refractivity contribution is 9.10. The van der Waals surface area contributed by atoms with Crippen LogP contribution >= 0.6 is 15.9 Å². The van der Waals surface area contributed by atoms with E-state index in [9.17, 15) is 4.79 Å². The summed E-state index contributed by atoms with van der Waals surface area (Å²) in [6, 6.07) is 8.11. The number of nitrogens with one attached hydrogen (secondary N) is 1. The van der Waals surface area contributed by atoms with Crippen molar-refractivity contribution >= 4 is 21.9 Å². The number of hydrogen-bond acceptors (Lipinski definition) is 2. The van der Waals surface area contributed by atoms with Gasteiger partial charge in [0, 0.05) is 16.6 Å². The van der Waals surface area contributed by atoms with E-state index in [0.29, 0.717) is 0 Å². The van der Waals surface area contributed by atoms with Gasteiger partial charge in [0.2, 0.25) is 0 Å². The second-order valence-electron chi connectivity index (χ2n) is 3.94. The number of benzene rings is 1. The standard InChI is InChI=1S/C12H16BrNO2/c1-8(6-12(15)16)14-9(2)10-4-3-5-11(13)7-10/h3-5,7-9,14H,6H2,1-2H3,(H,15,16)/t8?,9-/m0/s1. The molecule has 4 heteroatoms. The van der Waals surface area contributed by atoms with Crippen molar-refractivity contribution in [1.82, 2.24) is 5.32 Å². The highest BCUT2D eigenvalue weighted by Gasteiger charge is 2.12. The summed E-state index contributed by atoms with van der Waals surface area (Å²) < 4.78 is 1.03. The molecule has 1 aromatic rings. The zero-order valence-electron chi connectivity index (χ0n) is 9.40. The van der Waals surface area contributed by atoms with Gasteiger partial charge in [0.25, 0.3) is 0 Å². The third-order valence-corrected chi connectivity index (χ3v) is 2.86. The molecule has 2 N–H and O–H groups in total. The van der Waals surface area contributed by atoms with Crippen molar-refractivity contribution in [3.05, 3.63) is 34.3 Å². The van der Waals surface area contributed by atoms with Crippen LogP contribution in [0.3, 0.4) is 0 Å². The Labute approximate surface area is 104 Å². The second kappa shape index (κ2) is 6.01. The number of carboxylic acids is 1. The minimum absolute atomic E-state index is 0.0357. The average Bonchev–Trinajstić information content (AvgIpc) is 2.16. The molecule has 0 spiro atoms. The zero-order chi connectivity index (χ0) is 12.1. The molecule has 0 aliphatic carbocycles. The Bertz CT molecular complexity index is 368. The highest BCUT2D eigenvalue weighted by atomic mass is 79.9. The predicted octanol–water partition coefficient (Wildman–Crippen LogP) is 2.96. The van der Waals surface area contributed by atoms with Crippen molar-refractivity contribution in [2.45, 2.75) is 32.4 Å². The molecule has 0 aliphatic rings. The lowest BCUT2D eigenvalue weighted by molar-refractivity contribution is -0.137. The van der Waals surface area contributed by atoms with Gasteiger partial charge in [0.05, 0.1) is 6.42 Å². The molecular weight excluding hydrogens is 270 g/mol. The molecule has 0 fully saturated rings. The van der Waals surface area contributed by atoms with E-state index in [1.165, 1.54) is 0 Å². The highest BCUT2D eigenvalue weighted by Crippen LogP contribution is 2.18. The largest absolute Gasteiger partial charge is 0.481 e. The third kappa shape index (κ3) is 4.33. The van der Waals surface area contributed by atoms with E-state index in [2.05, 4.69) is 21.2 Å². The summed E-state index contributed by atoms with van der Waals surface area (Å²) >= 11 is 3.42. The van der Waals surface area contributed by atoms with Gasteiger partial charge in [-0.2, -0.15) is 0 Å². The number of rotatable bonds is 5. The first-order valence-corrected chi connectivity index (χ1v) is 6.01. The molecule has 0 aliphatic heterocycles. The quantitative estimate of drug-likeness (QED) is 0.875. The second-order valence-corrected chi connectivity index (χ2v) is 4.86. The van der Waals surface area contributed by atoms with Crippen LogP contribution in [0.5, 0.6) is 0 Å². The van der Waals surface area contributed by atoms with Gasteiger partial charge in [0.1, 0.15) is 0 Å². The summed E-state index contributed by atoms with van der Waals surface area (Å²) in [5.41, 5.74) is 1.15. The molecule has 1 aromatic carbocycles. The summed E-state index contributed by atoms with van der Waals surface area (Å²) in [5, 5.41) is 11.9. The molecule has 0 amide bonds. The van der Waals surface area contributed by atoms with Gasteiger partial charge in [-0.25, -0.2) is 0 Å². The van der Waals surface area contributed by atoms with Crippen LogP contribution in [0, 0.1) is 0 Å². The maximum absolute atomic E-state index is 10.5. The summed E-state index contributed by atoms with van der Waals surface area (Å²) in [6.45, 7) is 3.91. The van der Waals surface area contributed by atoms with Crippen molar-refractivity contribution in [3.8, 4) is 0 Å². The molecule has 2 atom stereocenters. The minimum Gasteiger partial charge on any atom is -0.481 e. The third-order valence-electron chi connectivity index (χ3n) is 2.36. The summed E-state index contributed by atoms with van der Waals surface area (Å²) in [6.07, 6.45) is 0.137. The smallest absolute Gasteiger partial charge is 0.304 e. The Hall–Kier alpha value is -0.870. The van der Waals surface area contributed by atoms with Crippen LogP contribution < -0.4 is 5.32 Å². The Morgan fingerprint density at radius 2 is 2.19 bits per heavy atom. The zero-order valence-corrected chi connectivity index (χ0v) is 11.0. The van der Waals surface area contributed by atoms with E-state index >= 15 is 0 Å². The summed E-state index contributed by atoms with van der Waals surface area (Å²) in [5.74, 6) is -0.776. The molecule has 16 heavy (non-hydrogen) atoms. The lowest BCUT2D eigenvalue weighted by atomic mass is 10.1. The number of aliphatic carboxylic acids is 1. The monoisotopic (exact) mass is 285 g/mol. The minimum atomic E-state index is -0.776. The van der Waals surface area contributed by atoms with E-state index in [-0.39, 0.29) is 18.5 Å². The van der Waals surface area contributed by atoms with Crippen molar-refractivity contribution in [2.24, 2.45) is 0 Å². The van der Waals surface area contributed by atoms with Crippen LogP contribution in [0.25, 0.3) is 0 Å². The molecule has 3 nitrogen and oxygen atoms in total. The Balaban J connectivity index is 2.58. The van der Waals surface area contributed by atoms with Gasteiger partial charge in [0.15, 0.2) is 0 Å². The van der Waals surface area contributed by atoms with Gasteiger partial charge in [-0.3, -0.25) is 4.79 Å². The summed E-state index contributed by atoms with van der Waals surface area (Å²) in [7, 11) is 0. The van der Waals surface area contributed by atoms with Crippen molar-refractivity contribution in [2.75, 3.05) is 0 Å². The van der Waals surface area contributed by atoms with Crippen molar-refractivity contribution < 1.29 is 9.90 Å². The number of carbonyl (C=O) groups is 1. The van der Waals surface area contributed by atoms with Crippen LogP contribution in [0.15, 0.2) is 28.7 Å². The molecule has 0 saturated carbocycles. The topological polar surface area (TPSA) is 49.3 Å².